The highest BCUT2D eigenvalue weighted by molar-refractivity contribution is 7.83. The highest BCUT2D eigenvalue weighted by atomic mass is 35.5. The molecule has 3 N–H and O–H groups in total. The summed E-state index contributed by atoms with van der Waals surface area (Å²) >= 11 is 11.7. The maximum absolute atomic E-state index is 10.6. The Morgan fingerprint density at radius 2 is 1.76 bits per heavy atom. The molecule has 0 unspecified atom stereocenters. The van der Waals surface area contributed by atoms with Crippen molar-refractivity contribution in [3.63, 3.8) is 0 Å². The fourth-order valence-corrected chi connectivity index (χ4v) is 2.56. The second kappa shape index (κ2) is 5.51. The average molecular weight is 300 g/mol. The number of halogens is 2. The minimum absolute atomic E-state index is 0.208. The molecule has 0 aromatic heterocycles. The highest BCUT2D eigenvalue weighted by Gasteiger charge is 2.24. The molecule has 96 valence electrons. The summed E-state index contributed by atoms with van der Waals surface area (Å²) in [5, 5.41) is 10.3. The smallest absolute Gasteiger partial charge is 0.333 e. The van der Waals surface area contributed by atoms with E-state index in [-0.39, 0.29) is 15.6 Å². The van der Waals surface area contributed by atoms with Gasteiger partial charge in [0.1, 0.15) is 0 Å². The van der Waals surface area contributed by atoms with Gasteiger partial charge in [-0.15, -0.1) is 0 Å². The Bertz CT molecular complexity index is 485. The van der Waals surface area contributed by atoms with E-state index >= 15 is 0 Å². The van der Waals surface area contributed by atoms with Crippen molar-refractivity contribution in [3.8, 4) is 0 Å². The Balaban J connectivity index is 3.00. The van der Waals surface area contributed by atoms with E-state index in [2.05, 4.69) is 0 Å². The van der Waals surface area contributed by atoms with Crippen molar-refractivity contribution in [1.82, 2.24) is 4.72 Å². The summed E-state index contributed by atoms with van der Waals surface area (Å²) in [5.74, 6) is 0. The number of nitrogens with one attached hydrogen (secondary N) is 1. The van der Waals surface area contributed by atoms with Gasteiger partial charge in [0.25, 0.3) is 0 Å². The van der Waals surface area contributed by atoms with E-state index in [1.54, 1.807) is 6.07 Å². The van der Waals surface area contributed by atoms with Gasteiger partial charge in [0.15, 0.2) is 0 Å². The molecule has 0 aliphatic heterocycles. The second-order valence-electron chi connectivity index (χ2n) is 3.46. The molecule has 0 aliphatic rings. The van der Waals surface area contributed by atoms with E-state index < -0.39 is 22.4 Å². The van der Waals surface area contributed by atoms with Gasteiger partial charge >= 0.3 is 10.3 Å². The molecule has 1 aromatic rings. The molecule has 0 saturated heterocycles. The Labute approximate surface area is 109 Å². The molecule has 1 rings (SSSR count). The Hall–Kier alpha value is -0.370. The van der Waals surface area contributed by atoms with E-state index in [0.29, 0.717) is 0 Å². The Kier molecular flexibility index (Phi) is 4.77. The fraction of sp³-hybridized carbons (Fsp3) is 0.333. The number of hydrogen-bond acceptors (Lipinski definition) is 3. The summed E-state index contributed by atoms with van der Waals surface area (Å²) in [7, 11) is -4.40. The zero-order chi connectivity index (χ0) is 13.2. The van der Waals surface area contributed by atoms with Gasteiger partial charge in [-0.3, -0.25) is 4.55 Å². The molecule has 17 heavy (non-hydrogen) atoms. The van der Waals surface area contributed by atoms with Gasteiger partial charge < -0.3 is 5.11 Å². The highest BCUT2D eigenvalue weighted by Crippen LogP contribution is 2.31. The van der Waals surface area contributed by atoms with E-state index in [0.717, 1.165) is 0 Å². The van der Waals surface area contributed by atoms with Crippen LogP contribution < -0.4 is 4.72 Å². The standard InChI is InChI=1S/C9H11Cl2NO4S/c1-5(12-17(14,15)16)9(13)8-6(10)3-2-4-7(8)11/h2-5,9,12-13H,1H3,(H,14,15,16)/t5-,9-/m1/s1. The van der Waals surface area contributed by atoms with Crippen LogP contribution in [0.15, 0.2) is 18.2 Å². The topological polar surface area (TPSA) is 86.6 Å². The molecular weight excluding hydrogens is 289 g/mol. The van der Waals surface area contributed by atoms with Crippen molar-refractivity contribution in [3.05, 3.63) is 33.8 Å². The third-order valence-corrected chi connectivity index (χ3v) is 3.43. The van der Waals surface area contributed by atoms with Crippen LogP contribution in [-0.4, -0.2) is 24.1 Å². The fourth-order valence-electron chi connectivity index (χ4n) is 1.34. The van der Waals surface area contributed by atoms with Crippen LogP contribution >= 0.6 is 23.2 Å². The Morgan fingerprint density at radius 3 is 2.18 bits per heavy atom. The molecule has 2 atom stereocenters. The SMILES string of the molecule is C[C@@H](NS(=O)(=O)O)[C@@H](O)c1c(Cl)cccc1Cl. The molecule has 8 heteroatoms. The first-order valence-corrected chi connectivity index (χ1v) is 6.78. The first-order chi connectivity index (χ1) is 7.72. The lowest BCUT2D eigenvalue weighted by atomic mass is 10.0. The van der Waals surface area contributed by atoms with Crippen molar-refractivity contribution < 1.29 is 18.1 Å². The third kappa shape index (κ3) is 4.09. The number of aliphatic hydroxyl groups excluding tert-OH is 1. The Morgan fingerprint density at radius 1 is 1.29 bits per heavy atom. The van der Waals surface area contributed by atoms with Crippen molar-refractivity contribution in [2.45, 2.75) is 19.1 Å². The molecule has 0 fully saturated rings. The van der Waals surface area contributed by atoms with Crippen LogP contribution in [0.1, 0.15) is 18.6 Å². The van der Waals surface area contributed by atoms with Gasteiger partial charge in [-0.05, 0) is 19.1 Å². The van der Waals surface area contributed by atoms with E-state index in [4.69, 9.17) is 27.8 Å². The van der Waals surface area contributed by atoms with E-state index in [1.165, 1.54) is 19.1 Å². The predicted molar refractivity (Wildman–Crippen MR) is 65.6 cm³/mol. The number of rotatable bonds is 4. The first-order valence-electron chi connectivity index (χ1n) is 4.59. The van der Waals surface area contributed by atoms with Gasteiger partial charge in [0.2, 0.25) is 0 Å². The van der Waals surface area contributed by atoms with Crippen molar-refractivity contribution in [2.24, 2.45) is 0 Å². The maximum Gasteiger partial charge on any atom is 0.333 e. The number of aliphatic hydroxyl groups is 1. The van der Waals surface area contributed by atoms with E-state index in [9.17, 15) is 13.5 Å². The monoisotopic (exact) mass is 299 g/mol. The van der Waals surface area contributed by atoms with Crippen LogP contribution in [0.4, 0.5) is 0 Å². The van der Waals surface area contributed by atoms with Gasteiger partial charge in [-0.1, -0.05) is 29.3 Å². The quantitative estimate of drug-likeness (QED) is 0.740. The number of hydrogen-bond donors (Lipinski definition) is 3. The molecule has 1 aromatic carbocycles. The van der Waals surface area contributed by atoms with Crippen LogP contribution in [0.2, 0.25) is 10.0 Å². The molecule has 0 saturated carbocycles. The molecule has 0 aliphatic carbocycles. The lowest BCUT2D eigenvalue weighted by Crippen LogP contribution is -2.36. The molecule has 0 heterocycles. The molecule has 0 radical (unpaired) electrons. The lowest BCUT2D eigenvalue weighted by Gasteiger charge is -2.20. The molecule has 0 bridgehead atoms. The third-order valence-electron chi connectivity index (χ3n) is 2.10. The van der Waals surface area contributed by atoms with Crippen molar-refractivity contribution in [2.75, 3.05) is 0 Å². The summed E-state index contributed by atoms with van der Waals surface area (Å²) in [6, 6.07) is 3.67. The van der Waals surface area contributed by atoms with Crippen LogP contribution in [0.3, 0.4) is 0 Å². The second-order valence-corrected chi connectivity index (χ2v) is 5.46. The minimum atomic E-state index is -4.40. The largest absolute Gasteiger partial charge is 0.387 e. The summed E-state index contributed by atoms with van der Waals surface area (Å²) in [4.78, 5) is 0. The minimum Gasteiger partial charge on any atom is -0.387 e. The van der Waals surface area contributed by atoms with Crippen molar-refractivity contribution in [1.29, 1.82) is 0 Å². The average Bonchev–Trinajstić information content (AvgIpc) is 2.14. The van der Waals surface area contributed by atoms with E-state index in [1.807, 2.05) is 4.72 Å². The zero-order valence-electron chi connectivity index (χ0n) is 8.76. The summed E-state index contributed by atoms with van der Waals surface area (Å²) in [6.45, 7) is 1.37. The van der Waals surface area contributed by atoms with Crippen LogP contribution in [-0.2, 0) is 10.3 Å². The van der Waals surface area contributed by atoms with Crippen LogP contribution in [0.5, 0.6) is 0 Å². The molecule has 0 amide bonds. The van der Waals surface area contributed by atoms with Crippen LogP contribution in [0, 0.1) is 0 Å². The summed E-state index contributed by atoms with van der Waals surface area (Å²) in [5.41, 5.74) is 0.208. The van der Waals surface area contributed by atoms with Gasteiger partial charge in [-0.25, -0.2) is 0 Å². The lowest BCUT2D eigenvalue weighted by molar-refractivity contribution is 0.145. The molecular formula is C9H11Cl2NO4S. The summed E-state index contributed by atoms with van der Waals surface area (Å²) < 4.78 is 31.7. The predicted octanol–water partition coefficient (Wildman–Crippen LogP) is 1.81. The normalized spacial score (nSPS) is 15.6. The molecule has 0 spiro atoms. The zero-order valence-corrected chi connectivity index (χ0v) is 11.1. The molecule has 5 nitrogen and oxygen atoms in total. The van der Waals surface area contributed by atoms with Gasteiger partial charge in [0, 0.05) is 15.6 Å². The van der Waals surface area contributed by atoms with Crippen LogP contribution in [0.25, 0.3) is 0 Å². The van der Waals surface area contributed by atoms with Crippen molar-refractivity contribution >= 4 is 33.5 Å². The van der Waals surface area contributed by atoms with Gasteiger partial charge in [-0.2, -0.15) is 13.1 Å². The number of benzene rings is 1. The summed E-state index contributed by atoms with van der Waals surface area (Å²) in [6.07, 6.45) is -1.27. The van der Waals surface area contributed by atoms with Gasteiger partial charge in [0.05, 0.1) is 12.1 Å². The maximum atomic E-state index is 10.6. The first kappa shape index (κ1) is 14.7.